The Kier molecular flexibility index (Phi) is 4.84. The van der Waals surface area contributed by atoms with E-state index in [9.17, 15) is 32.9 Å². The minimum absolute atomic E-state index is 0.232. The van der Waals surface area contributed by atoms with Gasteiger partial charge in [-0.05, 0) is 5.56 Å². The average Bonchev–Trinajstić information content (AvgIpc) is 2.37. The van der Waals surface area contributed by atoms with Gasteiger partial charge in [0.15, 0.2) is 0 Å². The Balaban J connectivity index is 2.82. The lowest BCUT2D eigenvalue weighted by atomic mass is 10.1. The summed E-state index contributed by atoms with van der Waals surface area (Å²) >= 11 is 0. The number of nitro benzene ring substituents is 1. The second-order valence-corrected chi connectivity index (χ2v) is 3.99. The van der Waals surface area contributed by atoms with Crippen molar-refractivity contribution in [3.05, 3.63) is 39.9 Å². The summed E-state index contributed by atoms with van der Waals surface area (Å²) in [5.41, 5.74) is -0.0135. The first-order valence-electron chi connectivity index (χ1n) is 5.45. The van der Waals surface area contributed by atoms with E-state index in [1.54, 1.807) is 0 Å². The van der Waals surface area contributed by atoms with Gasteiger partial charge in [0, 0.05) is 18.6 Å². The Bertz CT molecular complexity index is 556. The van der Waals surface area contributed by atoms with Crippen LogP contribution in [-0.2, 0) is 16.0 Å². The fraction of sp³-hybridized carbons (Fsp3) is 0.273. The lowest BCUT2D eigenvalue weighted by molar-refractivity contribution is -0.384. The highest BCUT2D eigenvalue weighted by Gasteiger charge is 2.40. The van der Waals surface area contributed by atoms with Gasteiger partial charge in [-0.1, -0.05) is 12.1 Å². The van der Waals surface area contributed by atoms with E-state index < -0.39 is 35.4 Å². The highest BCUT2D eigenvalue weighted by Crippen LogP contribution is 2.16. The second-order valence-electron chi connectivity index (χ2n) is 3.99. The van der Waals surface area contributed by atoms with Crippen LogP contribution in [0, 0.1) is 10.1 Å². The lowest BCUT2D eigenvalue weighted by Crippen LogP contribution is -2.47. The zero-order chi connectivity index (χ0) is 16.2. The third kappa shape index (κ3) is 4.75. The number of amides is 1. The molecule has 2 N–H and O–H groups in total. The molecular formula is C11H9F3N2O5. The quantitative estimate of drug-likeness (QED) is 0.629. The first-order chi connectivity index (χ1) is 9.61. The molecule has 0 heterocycles. The molecule has 1 aromatic carbocycles. The minimum Gasteiger partial charge on any atom is -0.480 e. The maximum atomic E-state index is 12.1. The predicted octanol–water partition coefficient (Wildman–Crippen LogP) is 1.27. The van der Waals surface area contributed by atoms with Gasteiger partial charge in [-0.25, -0.2) is 4.79 Å². The number of non-ortho nitro benzene ring substituents is 1. The highest BCUT2D eigenvalue weighted by atomic mass is 19.4. The molecule has 0 saturated heterocycles. The SMILES string of the molecule is O=C(O)[C@@H](Cc1ccc([N+](=O)[O-])cc1)NC(=O)C(F)(F)F. The molecule has 1 aromatic rings. The van der Waals surface area contributed by atoms with Crippen molar-refractivity contribution in [1.82, 2.24) is 5.32 Å². The molecule has 1 atom stereocenters. The van der Waals surface area contributed by atoms with E-state index in [2.05, 4.69) is 0 Å². The Hall–Kier alpha value is -2.65. The number of hydrogen-bond acceptors (Lipinski definition) is 4. The number of carboxylic acid groups (broad SMARTS) is 1. The molecule has 10 heteroatoms. The number of halogens is 3. The molecule has 0 aliphatic heterocycles. The van der Waals surface area contributed by atoms with Crippen molar-refractivity contribution < 1.29 is 32.8 Å². The molecule has 1 rings (SSSR count). The van der Waals surface area contributed by atoms with Crippen molar-refractivity contribution in [2.75, 3.05) is 0 Å². The van der Waals surface area contributed by atoms with Gasteiger partial charge < -0.3 is 10.4 Å². The molecule has 0 spiro atoms. The van der Waals surface area contributed by atoms with Crippen molar-refractivity contribution >= 4 is 17.6 Å². The first-order valence-corrected chi connectivity index (χ1v) is 5.45. The van der Waals surface area contributed by atoms with Crippen LogP contribution in [0.5, 0.6) is 0 Å². The van der Waals surface area contributed by atoms with Crippen molar-refractivity contribution in [2.24, 2.45) is 0 Å². The van der Waals surface area contributed by atoms with Crippen molar-refractivity contribution in [1.29, 1.82) is 0 Å². The summed E-state index contributed by atoms with van der Waals surface area (Å²) < 4.78 is 36.2. The topological polar surface area (TPSA) is 110 Å². The maximum Gasteiger partial charge on any atom is 0.471 e. The molecule has 0 saturated carbocycles. The summed E-state index contributed by atoms with van der Waals surface area (Å²) in [6.45, 7) is 0. The smallest absolute Gasteiger partial charge is 0.471 e. The number of carbonyl (C=O) groups is 2. The summed E-state index contributed by atoms with van der Waals surface area (Å²) in [7, 11) is 0. The van der Waals surface area contributed by atoms with Crippen LogP contribution in [0.3, 0.4) is 0 Å². The van der Waals surface area contributed by atoms with Crippen LogP contribution < -0.4 is 5.32 Å². The van der Waals surface area contributed by atoms with Gasteiger partial charge in [0.1, 0.15) is 6.04 Å². The minimum atomic E-state index is -5.19. The summed E-state index contributed by atoms with van der Waals surface area (Å²) in [4.78, 5) is 31.3. The largest absolute Gasteiger partial charge is 0.480 e. The molecule has 0 unspecified atom stereocenters. The average molecular weight is 306 g/mol. The number of benzene rings is 1. The van der Waals surface area contributed by atoms with Crippen LogP contribution in [-0.4, -0.2) is 34.1 Å². The standard InChI is InChI=1S/C11H9F3N2O5/c12-11(13,14)10(19)15-8(9(17)18)5-6-1-3-7(4-2-6)16(20)21/h1-4,8H,5H2,(H,15,19)(H,17,18)/t8-/m1/s1. The molecule has 0 aromatic heterocycles. The van der Waals surface area contributed by atoms with Crippen LogP contribution >= 0.6 is 0 Å². The van der Waals surface area contributed by atoms with Crippen LogP contribution in [0.4, 0.5) is 18.9 Å². The number of nitrogens with zero attached hydrogens (tertiary/aromatic N) is 1. The van der Waals surface area contributed by atoms with E-state index in [4.69, 9.17) is 5.11 Å². The van der Waals surface area contributed by atoms with Gasteiger partial charge in [-0.15, -0.1) is 0 Å². The highest BCUT2D eigenvalue weighted by molar-refractivity contribution is 5.87. The van der Waals surface area contributed by atoms with Crippen LogP contribution in [0.2, 0.25) is 0 Å². The fourth-order valence-corrected chi connectivity index (χ4v) is 1.43. The summed E-state index contributed by atoms with van der Waals surface area (Å²) in [5, 5.41) is 20.6. The zero-order valence-electron chi connectivity index (χ0n) is 10.3. The maximum absolute atomic E-state index is 12.1. The third-order valence-corrected chi connectivity index (χ3v) is 2.45. The van der Waals surface area contributed by atoms with Gasteiger partial charge in [-0.2, -0.15) is 13.2 Å². The zero-order valence-corrected chi connectivity index (χ0v) is 10.3. The number of alkyl halides is 3. The Labute approximate surface area is 115 Å². The van der Waals surface area contributed by atoms with E-state index in [-0.39, 0.29) is 11.3 Å². The van der Waals surface area contributed by atoms with Crippen molar-refractivity contribution in [3.63, 3.8) is 0 Å². The van der Waals surface area contributed by atoms with Gasteiger partial charge >= 0.3 is 18.1 Å². The van der Waals surface area contributed by atoms with Crippen molar-refractivity contribution in [2.45, 2.75) is 18.6 Å². The van der Waals surface area contributed by atoms with Gasteiger partial charge in [0.2, 0.25) is 0 Å². The molecule has 21 heavy (non-hydrogen) atoms. The number of hydrogen-bond donors (Lipinski definition) is 2. The molecule has 1 amide bonds. The monoisotopic (exact) mass is 306 g/mol. The molecule has 0 radical (unpaired) electrons. The van der Waals surface area contributed by atoms with Gasteiger partial charge in [0.25, 0.3) is 5.69 Å². The summed E-state index contributed by atoms with van der Waals surface area (Å²) in [5.74, 6) is -4.01. The fourth-order valence-electron chi connectivity index (χ4n) is 1.43. The number of nitro groups is 1. The number of carbonyl (C=O) groups excluding carboxylic acids is 1. The second kappa shape index (κ2) is 6.20. The van der Waals surface area contributed by atoms with Gasteiger partial charge in [0.05, 0.1) is 4.92 Å². The Morgan fingerprint density at radius 3 is 2.19 bits per heavy atom. The Morgan fingerprint density at radius 1 is 1.29 bits per heavy atom. The lowest BCUT2D eigenvalue weighted by Gasteiger charge is -2.15. The van der Waals surface area contributed by atoms with E-state index in [1.165, 1.54) is 17.4 Å². The van der Waals surface area contributed by atoms with E-state index >= 15 is 0 Å². The Morgan fingerprint density at radius 2 is 1.81 bits per heavy atom. The number of carboxylic acids is 1. The molecule has 0 fully saturated rings. The molecule has 0 aliphatic rings. The van der Waals surface area contributed by atoms with Crippen LogP contribution in [0.25, 0.3) is 0 Å². The molecule has 114 valence electrons. The van der Waals surface area contributed by atoms with Crippen molar-refractivity contribution in [3.8, 4) is 0 Å². The van der Waals surface area contributed by atoms with Gasteiger partial charge in [-0.3, -0.25) is 14.9 Å². The number of aliphatic carboxylic acids is 1. The molecule has 7 nitrogen and oxygen atoms in total. The molecular weight excluding hydrogens is 297 g/mol. The van der Waals surface area contributed by atoms with Crippen LogP contribution in [0.15, 0.2) is 24.3 Å². The first kappa shape index (κ1) is 16.4. The molecule has 0 bridgehead atoms. The molecule has 0 aliphatic carbocycles. The summed E-state index contributed by atoms with van der Waals surface area (Å²) in [6, 6.07) is 2.78. The number of rotatable bonds is 5. The third-order valence-electron chi connectivity index (χ3n) is 2.45. The summed E-state index contributed by atoms with van der Waals surface area (Å²) in [6.07, 6.45) is -5.63. The van der Waals surface area contributed by atoms with Crippen LogP contribution in [0.1, 0.15) is 5.56 Å². The van der Waals surface area contributed by atoms with E-state index in [1.807, 2.05) is 0 Å². The van der Waals surface area contributed by atoms with E-state index in [0.29, 0.717) is 0 Å². The predicted molar refractivity (Wildman–Crippen MR) is 62.4 cm³/mol. The van der Waals surface area contributed by atoms with E-state index in [0.717, 1.165) is 12.1 Å². The normalized spacial score (nSPS) is 12.5. The number of nitrogens with one attached hydrogen (secondary N) is 1.